The molecule has 1 aliphatic rings. The quantitative estimate of drug-likeness (QED) is 0.769. The molecule has 8 nitrogen and oxygen atoms in total. The first-order valence-electron chi connectivity index (χ1n) is 8.73. The molecule has 3 aromatic heterocycles. The van der Waals surface area contributed by atoms with Gasteiger partial charge in [-0.3, -0.25) is 0 Å². The number of aryl methyl sites for hydroxylation is 1. The Hall–Kier alpha value is -3.16. The molecule has 0 saturated carbocycles. The molecule has 4 heterocycles. The summed E-state index contributed by atoms with van der Waals surface area (Å²) in [5.74, 6) is 2.71. The van der Waals surface area contributed by atoms with Crippen molar-refractivity contribution < 1.29 is 0 Å². The van der Waals surface area contributed by atoms with Gasteiger partial charge in [0.25, 0.3) is 0 Å². The van der Waals surface area contributed by atoms with E-state index in [1.54, 1.807) is 30.9 Å². The molecule has 0 spiro atoms. The maximum Gasteiger partial charge on any atom is 0.228 e. The zero-order chi connectivity index (χ0) is 17.8. The molecule has 0 aliphatic carbocycles. The Balaban J connectivity index is 1.65. The van der Waals surface area contributed by atoms with Crippen molar-refractivity contribution in [1.82, 2.24) is 29.9 Å². The van der Waals surface area contributed by atoms with Crippen LogP contribution in [0.25, 0.3) is 0 Å². The van der Waals surface area contributed by atoms with Gasteiger partial charge in [0.15, 0.2) is 5.82 Å². The highest BCUT2D eigenvalue weighted by Gasteiger charge is 2.28. The fourth-order valence-corrected chi connectivity index (χ4v) is 3.16. The lowest BCUT2D eigenvalue weighted by Gasteiger charge is -2.34. The van der Waals surface area contributed by atoms with Crippen LogP contribution >= 0.6 is 0 Å². The predicted octanol–water partition coefficient (Wildman–Crippen LogP) is 2.84. The number of piperidine rings is 1. The molecule has 4 rings (SSSR count). The highest BCUT2D eigenvalue weighted by molar-refractivity contribution is 5.48. The maximum absolute atomic E-state index is 4.73. The summed E-state index contributed by atoms with van der Waals surface area (Å²) in [5.41, 5.74) is 0.896. The van der Waals surface area contributed by atoms with E-state index in [1.807, 2.05) is 19.1 Å². The van der Waals surface area contributed by atoms with Crippen LogP contribution in [0.2, 0.25) is 0 Å². The highest BCUT2D eigenvalue weighted by atomic mass is 15.3. The van der Waals surface area contributed by atoms with Gasteiger partial charge >= 0.3 is 0 Å². The SMILES string of the molecule is Cc1cc(Nc2ncccn2)nc([C@H]2CCCCN2c2ncccn2)n1. The van der Waals surface area contributed by atoms with Crippen LogP contribution in [0.3, 0.4) is 0 Å². The molecule has 0 unspecified atom stereocenters. The molecule has 0 amide bonds. The largest absolute Gasteiger partial charge is 0.331 e. The predicted molar refractivity (Wildman–Crippen MR) is 98.1 cm³/mol. The second-order valence-electron chi connectivity index (χ2n) is 6.20. The first-order valence-corrected chi connectivity index (χ1v) is 8.73. The van der Waals surface area contributed by atoms with Crippen LogP contribution in [0.5, 0.6) is 0 Å². The lowest BCUT2D eigenvalue weighted by molar-refractivity contribution is 0.448. The lowest BCUT2D eigenvalue weighted by Crippen LogP contribution is -2.35. The summed E-state index contributed by atoms with van der Waals surface area (Å²) in [6.07, 6.45) is 10.2. The molecule has 1 atom stereocenters. The average Bonchev–Trinajstić information content (AvgIpc) is 2.69. The van der Waals surface area contributed by atoms with E-state index in [1.165, 1.54) is 0 Å². The Labute approximate surface area is 151 Å². The Morgan fingerprint density at radius 1 is 0.962 bits per heavy atom. The van der Waals surface area contributed by atoms with E-state index >= 15 is 0 Å². The number of nitrogens with zero attached hydrogens (tertiary/aromatic N) is 7. The van der Waals surface area contributed by atoms with Gasteiger partial charge in [-0.2, -0.15) is 0 Å². The molecule has 1 fully saturated rings. The van der Waals surface area contributed by atoms with Gasteiger partial charge in [0.05, 0.1) is 6.04 Å². The fraction of sp³-hybridized carbons (Fsp3) is 0.333. The second kappa shape index (κ2) is 7.38. The van der Waals surface area contributed by atoms with Gasteiger partial charge in [-0.15, -0.1) is 0 Å². The fourth-order valence-electron chi connectivity index (χ4n) is 3.16. The molecule has 26 heavy (non-hydrogen) atoms. The van der Waals surface area contributed by atoms with E-state index < -0.39 is 0 Å². The number of aromatic nitrogens is 6. The second-order valence-corrected chi connectivity index (χ2v) is 6.20. The van der Waals surface area contributed by atoms with Crippen LogP contribution < -0.4 is 10.2 Å². The van der Waals surface area contributed by atoms with Crippen molar-refractivity contribution in [1.29, 1.82) is 0 Å². The lowest BCUT2D eigenvalue weighted by atomic mass is 10.0. The van der Waals surface area contributed by atoms with Crippen molar-refractivity contribution >= 4 is 17.7 Å². The first-order chi connectivity index (χ1) is 12.8. The Morgan fingerprint density at radius 2 is 1.69 bits per heavy atom. The van der Waals surface area contributed by atoms with Crippen LogP contribution in [-0.4, -0.2) is 36.4 Å². The summed E-state index contributed by atoms with van der Waals surface area (Å²) in [6.45, 7) is 2.87. The molecular weight excluding hydrogens is 328 g/mol. The summed E-state index contributed by atoms with van der Waals surface area (Å²) in [6, 6.07) is 5.56. The van der Waals surface area contributed by atoms with Crippen molar-refractivity contribution in [2.75, 3.05) is 16.8 Å². The van der Waals surface area contributed by atoms with Crippen LogP contribution in [0.4, 0.5) is 17.7 Å². The van der Waals surface area contributed by atoms with Crippen molar-refractivity contribution in [3.05, 3.63) is 54.5 Å². The Morgan fingerprint density at radius 3 is 2.46 bits per heavy atom. The van der Waals surface area contributed by atoms with Gasteiger partial charge in [0.2, 0.25) is 11.9 Å². The third-order valence-electron chi connectivity index (χ3n) is 4.29. The van der Waals surface area contributed by atoms with Crippen molar-refractivity contribution in [3.8, 4) is 0 Å². The van der Waals surface area contributed by atoms with E-state index in [9.17, 15) is 0 Å². The monoisotopic (exact) mass is 348 g/mol. The van der Waals surface area contributed by atoms with E-state index in [2.05, 4.69) is 35.1 Å². The molecule has 0 radical (unpaired) electrons. The van der Waals surface area contributed by atoms with Crippen molar-refractivity contribution in [3.63, 3.8) is 0 Å². The maximum atomic E-state index is 4.73. The number of anilines is 3. The summed E-state index contributed by atoms with van der Waals surface area (Å²) in [4.78, 5) is 28.8. The average molecular weight is 348 g/mol. The standard InChI is InChI=1S/C18H20N8/c1-13-12-15(25-17-19-7-4-8-20-17)24-16(23-13)14-6-2-3-11-26(14)18-21-9-5-10-22-18/h4-5,7-10,12,14H,2-3,6,11H2,1H3,(H,19,20,23,24,25)/t14-/m1/s1. The summed E-state index contributed by atoms with van der Waals surface area (Å²) in [5, 5.41) is 3.16. The van der Waals surface area contributed by atoms with Gasteiger partial charge in [-0.25, -0.2) is 29.9 Å². The van der Waals surface area contributed by atoms with Crippen LogP contribution in [0.15, 0.2) is 43.0 Å². The third-order valence-corrected chi connectivity index (χ3v) is 4.29. The van der Waals surface area contributed by atoms with E-state index in [0.717, 1.165) is 43.3 Å². The molecule has 1 N–H and O–H groups in total. The van der Waals surface area contributed by atoms with E-state index in [-0.39, 0.29) is 6.04 Å². The number of nitrogens with one attached hydrogen (secondary N) is 1. The first kappa shape index (κ1) is 16.3. The highest BCUT2D eigenvalue weighted by Crippen LogP contribution is 2.32. The van der Waals surface area contributed by atoms with Gasteiger partial charge < -0.3 is 10.2 Å². The minimum absolute atomic E-state index is 0.0586. The molecule has 8 heteroatoms. The van der Waals surface area contributed by atoms with Gasteiger partial charge in [-0.05, 0) is 38.3 Å². The number of rotatable bonds is 4. The van der Waals surface area contributed by atoms with Gasteiger partial charge in [0, 0.05) is 43.1 Å². The number of hydrogen-bond donors (Lipinski definition) is 1. The third kappa shape index (κ3) is 3.58. The van der Waals surface area contributed by atoms with Crippen LogP contribution in [0, 0.1) is 6.92 Å². The minimum atomic E-state index is 0.0586. The summed E-state index contributed by atoms with van der Waals surface area (Å²) < 4.78 is 0. The topological polar surface area (TPSA) is 92.6 Å². The van der Waals surface area contributed by atoms with Crippen LogP contribution in [0.1, 0.15) is 36.8 Å². The Bertz CT molecular complexity index is 856. The van der Waals surface area contributed by atoms with E-state index in [4.69, 9.17) is 4.98 Å². The smallest absolute Gasteiger partial charge is 0.228 e. The number of hydrogen-bond acceptors (Lipinski definition) is 8. The molecule has 0 aromatic carbocycles. The molecule has 3 aromatic rings. The molecule has 0 bridgehead atoms. The molecule has 132 valence electrons. The van der Waals surface area contributed by atoms with E-state index in [0.29, 0.717) is 11.8 Å². The molecular formula is C18H20N8. The zero-order valence-corrected chi connectivity index (χ0v) is 14.6. The molecule has 1 aliphatic heterocycles. The van der Waals surface area contributed by atoms with Gasteiger partial charge in [0.1, 0.15) is 5.82 Å². The van der Waals surface area contributed by atoms with Crippen molar-refractivity contribution in [2.45, 2.75) is 32.2 Å². The normalized spacial score (nSPS) is 17.1. The minimum Gasteiger partial charge on any atom is -0.331 e. The Kier molecular flexibility index (Phi) is 4.63. The molecule has 1 saturated heterocycles. The summed E-state index contributed by atoms with van der Waals surface area (Å²) >= 11 is 0. The summed E-state index contributed by atoms with van der Waals surface area (Å²) in [7, 11) is 0. The van der Waals surface area contributed by atoms with Crippen molar-refractivity contribution in [2.24, 2.45) is 0 Å². The van der Waals surface area contributed by atoms with Gasteiger partial charge in [-0.1, -0.05) is 0 Å². The van der Waals surface area contributed by atoms with Crippen LogP contribution in [-0.2, 0) is 0 Å². The zero-order valence-electron chi connectivity index (χ0n) is 14.6.